The number of hydrogen-bond acceptors (Lipinski definition) is 15. The van der Waals surface area contributed by atoms with E-state index >= 15 is 0 Å². The summed E-state index contributed by atoms with van der Waals surface area (Å²) in [4.78, 5) is 72.5. The quantitative estimate of drug-likeness (QED) is 0.0222. The highest BCUT2D eigenvalue weighted by molar-refractivity contribution is 7.47. The molecule has 0 aliphatic heterocycles. The van der Waals surface area contributed by atoms with Crippen molar-refractivity contribution >= 4 is 39.5 Å². The van der Waals surface area contributed by atoms with Gasteiger partial charge in [-0.1, -0.05) is 293 Å². The monoisotopic (exact) mass is 1310 g/mol. The molecule has 0 spiro atoms. The summed E-state index contributed by atoms with van der Waals surface area (Å²) >= 11 is 0. The number of aliphatic hydroxyl groups excluding tert-OH is 1. The molecule has 19 heteroatoms. The number of ether oxygens (including phenoxy) is 4. The van der Waals surface area contributed by atoms with Gasteiger partial charge >= 0.3 is 39.5 Å². The predicted octanol–water partition coefficient (Wildman–Crippen LogP) is 19.7. The van der Waals surface area contributed by atoms with E-state index in [2.05, 4.69) is 55.4 Å². The lowest BCUT2D eigenvalue weighted by Gasteiger charge is -2.21. The van der Waals surface area contributed by atoms with E-state index < -0.39 is 97.5 Å². The fourth-order valence-corrected chi connectivity index (χ4v) is 12.0. The molecule has 0 aliphatic carbocycles. The van der Waals surface area contributed by atoms with E-state index in [1.807, 2.05) is 0 Å². The summed E-state index contributed by atoms with van der Waals surface area (Å²) in [5, 5.41) is 10.6. The Morgan fingerprint density at radius 1 is 0.315 bits per heavy atom. The lowest BCUT2D eigenvalue weighted by molar-refractivity contribution is -0.161. The minimum Gasteiger partial charge on any atom is -0.462 e. The third-order valence-corrected chi connectivity index (χ3v) is 19.1. The van der Waals surface area contributed by atoms with Gasteiger partial charge in [0.05, 0.1) is 26.4 Å². The lowest BCUT2D eigenvalue weighted by atomic mass is 9.99. The molecule has 3 N–H and O–H groups in total. The van der Waals surface area contributed by atoms with E-state index in [1.54, 1.807) is 0 Å². The summed E-state index contributed by atoms with van der Waals surface area (Å²) in [6, 6.07) is 0. The summed E-state index contributed by atoms with van der Waals surface area (Å²) in [5.41, 5.74) is 0. The topological polar surface area (TPSA) is 237 Å². The Morgan fingerprint density at radius 2 is 0.539 bits per heavy atom. The van der Waals surface area contributed by atoms with E-state index in [-0.39, 0.29) is 25.7 Å². The molecule has 0 heterocycles. The number of hydrogen-bond donors (Lipinski definition) is 3. The number of rotatable bonds is 67. The minimum absolute atomic E-state index is 0.105. The third-order valence-electron chi connectivity index (χ3n) is 17.2. The van der Waals surface area contributed by atoms with Crippen LogP contribution in [0.5, 0.6) is 0 Å². The second-order valence-corrected chi connectivity index (χ2v) is 29.4. The number of phosphoric acid groups is 2. The van der Waals surface area contributed by atoms with Crippen LogP contribution in [0, 0.1) is 23.7 Å². The summed E-state index contributed by atoms with van der Waals surface area (Å²) in [6.45, 7) is 14.1. The minimum atomic E-state index is -4.95. The molecular formula is C70H136O17P2. The molecule has 0 saturated carbocycles. The molecule has 0 bridgehead atoms. The SMILES string of the molecule is CCC(C)CCCCCCCCCCCCC(=O)O[C@H](COC(=O)CCCCCCCCCCC(C)C)COP(=O)(O)OC[C@@H](O)COP(=O)(O)OC[C@@H](COC(=O)CCCCCCCCC(C)CC)OC(=O)CCCCCCCCCCCCC(C)CC. The van der Waals surface area contributed by atoms with E-state index in [0.29, 0.717) is 25.7 Å². The Bertz CT molecular complexity index is 1770. The molecule has 0 rings (SSSR count). The van der Waals surface area contributed by atoms with Gasteiger partial charge in [0, 0.05) is 25.7 Å². The first kappa shape index (κ1) is 87.1. The van der Waals surface area contributed by atoms with Gasteiger partial charge in [-0.3, -0.25) is 37.3 Å². The van der Waals surface area contributed by atoms with Crippen LogP contribution in [-0.2, 0) is 65.4 Å². The largest absolute Gasteiger partial charge is 0.472 e. The van der Waals surface area contributed by atoms with Gasteiger partial charge < -0.3 is 33.8 Å². The molecule has 8 atom stereocenters. The molecule has 0 saturated heterocycles. The normalized spacial score (nSPS) is 15.2. The van der Waals surface area contributed by atoms with Crippen LogP contribution < -0.4 is 0 Å². The molecule has 0 aromatic carbocycles. The highest BCUT2D eigenvalue weighted by atomic mass is 31.2. The van der Waals surface area contributed by atoms with Crippen LogP contribution in [-0.4, -0.2) is 96.7 Å². The fourth-order valence-electron chi connectivity index (χ4n) is 10.4. The molecule has 89 heavy (non-hydrogen) atoms. The summed E-state index contributed by atoms with van der Waals surface area (Å²) < 4.78 is 68.3. The van der Waals surface area contributed by atoms with Crippen molar-refractivity contribution in [1.82, 2.24) is 0 Å². The number of phosphoric ester groups is 2. The number of unbranched alkanes of at least 4 members (excludes halogenated alkanes) is 30. The van der Waals surface area contributed by atoms with E-state index in [1.165, 1.54) is 141 Å². The van der Waals surface area contributed by atoms with Gasteiger partial charge in [0.15, 0.2) is 12.2 Å². The van der Waals surface area contributed by atoms with Gasteiger partial charge in [0.1, 0.15) is 19.3 Å². The molecule has 0 aromatic heterocycles. The van der Waals surface area contributed by atoms with Crippen molar-refractivity contribution in [2.24, 2.45) is 23.7 Å². The fraction of sp³-hybridized carbons (Fsp3) is 0.943. The first-order chi connectivity index (χ1) is 42.7. The Labute approximate surface area is 543 Å². The van der Waals surface area contributed by atoms with E-state index in [0.717, 1.165) is 120 Å². The smallest absolute Gasteiger partial charge is 0.462 e. The van der Waals surface area contributed by atoms with Crippen LogP contribution in [0.25, 0.3) is 0 Å². The molecule has 17 nitrogen and oxygen atoms in total. The first-order valence-electron chi connectivity index (χ1n) is 36.3. The van der Waals surface area contributed by atoms with Crippen LogP contribution in [0.3, 0.4) is 0 Å². The number of esters is 4. The van der Waals surface area contributed by atoms with Crippen molar-refractivity contribution in [3.05, 3.63) is 0 Å². The zero-order valence-electron chi connectivity index (χ0n) is 58.1. The first-order valence-corrected chi connectivity index (χ1v) is 39.3. The van der Waals surface area contributed by atoms with Crippen LogP contribution in [0.2, 0.25) is 0 Å². The van der Waals surface area contributed by atoms with Crippen molar-refractivity contribution in [3.63, 3.8) is 0 Å². The second kappa shape index (κ2) is 59.8. The van der Waals surface area contributed by atoms with Gasteiger partial charge in [-0.2, -0.15) is 0 Å². The maximum absolute atomic E-state index is 13.0. The van der Waals surface area contributed by atoms with Gasteiger partial charge in [0.2, 0.25) is 0 Å². The van der Waals surface area contributed by atoms with E-state index in [4.69, 9.17) is 37.0 Å². The predicted molar refractivity (Wildman–Crippen MR) is 358 cm³/mol. The summed E-state index contributed by atoms with van der Waals surface area (Å²) in [7, 11) is -9.90. The molecule has 0 radical (unpaired) electrons. The average molecular weight is 1310 g/mol. The van der Waals surface area contributed by atoms with Crippen molar-refractivity contribution in [1.29, 1.82) is 0 Å². The van der Waals surface area contributed by atoms with Crippen molar-refractivity contribution < 1.29 is 80.2 Å². The summed E-state index contributed by atoms with van der Waals surface area (Å²) in [5.74, 6) is 0.933. The molecule has 0 aromatic rings. The van der Waals surface area contributed by atoms with Crippen LogP contribution in [0.4, 0.5) is 0 Å². The zero-order valence-corrected chi connectivity index (χ0v) is 59.8. The number of carbonyl (C=O) groups is 4. The van der Waals surface area contributed by atoms with Crippen LogP contribution in [0.15, 0.2) is 0 Å². The van der Waals surface area contributed by atoms with Gasteiger partial charge in [-0.05, 0) is 49.4 Å². The molecule has 0 amide bonds. The molecule has 0 fully saturated rings. The van der Waals surface area contributed by atoms with Crippen molar-refractivity contribution in [2.45, 2.75) is 363 Å². The van der Waals surface area contributed by atoms with Gasteiger partial charge in [-0.25, -0.2) is 9.13 Å². The lowest BCUT2D eigenvalue weighted by Crippen LogP contribution is -2.30. The Hall–Kier alpha value is -1.94. The standard InChI is InChI=1S/C70H136O17P2/c1-9-61(6)47-39-31-23-16-12-14-18-26-36-44-52-69(74)86-65(56-80-67(72)50-42-34-25-21-20-22-30-38-46-60(4)5)58-84-88(76,77)82-54-64(71)55-83-89(78,79)85-59-66(57-81-68(73)51-43-35-29-28-33-41-49-63(8)11-3)87-70(75)53-45-37-27-19-15-13-17-24-32-40-48-62(7)10-2/h60-66,71H,9-59H2,1-8H3,(H,76,77)(H,78,79)/t61?,62?,63?,64-,65-,66-/m1/s1. The third kappa shape index (κ3) is 60.7. The number of aliphatic hydroxyl groups is 1. The van der Waals surface area contributed by atoms with Crippen molar-refractivity contribution in [3.8, 4) is 0 Å². The zero-order chi connectivity index (χ0) is 66.1. The Kier molecular flexibility index (Phi) is 58.5. The molecular weight excluding hydrogens is 1170 g/mol. The molecule has 528 valence electrons. The highest BCUT2D eigenvalue weighted by Crippen LogP contribution is 2.45. The highest BCUT2D eigenvalue weighted by Gasteiger charge is 2.30. The summed E-state index contributed by atoms with van der Waals surface area (Å²) in [6.07, 6.45) is 41.5. The molecule has 5 unspecified atom stereocenters. The van der Waals surface area contributed by atoms with Crippen molar-refractivity contribution in [2.75, 3.05) is 39.6 Å². The number of carbonyl (C=O) groups excluding carboxylic acids is 4. The van der Waals surface area contributed by atoms with Gasteiger partial charge in [-0.15, -0.1) is 0 Å². The van der Waals surface area contributed by atoms with Crippen LogP contribution in [0.1, 0.15) is 344 Å². The average Bonchev–Trinajstić information content (AvgIpc) is 3.70. The maximum Gasteiger partial charge on any atom is 0.472 e. The Morgan fingerprint density at radius 3 is 0.798 bits per heavy atom. The maximum atomic E-state index is 13.0. The molecule has 0 aliphatic rings. The second-order valence-electron chi connectivity index (χ2n) is 26.5. The van der Waals surface area contributed by atoms with Gasteiger partial charge in [0.25, 0.3) is 0 Å². The van der Waals surface area contributed by atoms with Crippen LogP contribution >= 0.6 is 15.6 Å². The Balaban J connectivity index is 5.27. The van der Waals surface area contributed by atoms with E-state index in [9.17, 15) is 43.2 Å².